The Morgan fingerprint density at radius 2 is 1.92 bits per heavy atom. The summed E-state index contributed by atoms with van der Waals surface area (Å²) < 4.78 is 32.7. The molecule has 0 radical (unpaired) electrons. The molecule has 2 aromatic carbocycles. The Balaban J connectivity index is 2.14. The van der Waals surface area contributed by atoms with Crippen LogP contribution in [0.25, 0.3) is 0 Å². The third-order valence-electron chi connectivity index (χ3n) is 4.29. The molecule has 0 saturated carbocycles. The number of fused-ring (bicyclic) bond motifs is 1. The summed E-state index contributed by atoms with van der Waals surface area (Å²) in [5.41, 5.74) is 2.53. The summed E-state index contributed by atoms with van der Waals surface area (Å²) in [6.45, 7) is 3.61. The normalized spacial score (nSPS) is 16.8. The molecule has 0 fully saturated rings. The monoisotopic (exact) mass is 345 g/mol. The Bertz CT molecular complexity index is 905. The van der Waals surface area contributed by atoms with Crippen molar-refractivity contribution in [2.75, 3.05) is 11.4 Å². The fourth-order valence-electron chi connectivity index (χ4n) is 3.13. The van der Waals surface area contributed by atoms with Crippen LogP contribution < -0.4 is 4.31 Å². The SMILES string of the molecule is COC(=O)c1ccc(C)c(S(=O)(=O)N2c3ccccc3C[C@@H]2C)c1. The molecule has 1 atom stereocenters. The van der Waals surface area contributed by atoms with Gasteiger partial charge in [-0.05, 0) is 49.6 Å². The molecule has 0 aromatic heterocycles. The highest BCUT2D eigenvalue weighted by Crippen LogP contribution is 2.37. The molecule has 6 heteroatoms. The van der Waals surface area contributed by atoms with Gasteiger partial charge in [0.15, 0.2) is 0 Å². The summed E-state index contributed by atoms with van der Waals surface area (Å²) in [5.74, 6) is -0.554. The maximum Gasteiger partial charge on any atom is 0.337 e. The van der Waals surface area contributed by atoms with Gasteiger partial charge in [0, 0.05) is 6.04 Å². The second-order valence-electron chi connectivity index (χ2n) is 5.95. The first-order chi connectivity index (χ1) is 11.4. The second-order valence-corrected chi connectivity index (χ2v) is 7.74. The van der Waals surface area contributed by atoms with Crippen molar-refractivity contribution in [3.63, 3.8) is 0 Å². The molecule has 0 aliphatic carbocycles. The lowest BCUT2D eigenvalue weighted by molar-refractivity contribution is 0.0600. The third kappa shape index (κ3) is 2.57. The lowest BCUT2D eigenvalue weighted by Crippen LogP contribution is -2.36. The number of ether oxygens (including phenoxy) is 1. The number of esters is 1. The quantitative estimate of drug-likeness (QED) is 0.803. The Morgan fingerprint density at radius 1 is 1.21 bits per heavy atom. The van der Waals surface area contributed by atoms with Gasteiger partial charge in [-0.2, -0.15) is 0 Å². The molecule has 0 amide bonds. The average Bonchev–Trinajstić information content (AvgIpc) is 2.90. The van der Waals surface area contributed by atoms with Crippen molar-refractivity contribution >= 4 is 21.7 Å². The summed E-state index contributed by atoms with van der Waals surface area (Å²) in [6, 6.07) is 11.9. The first-order valence-corrected chi connectivity index (χ1v) is 9.11. The van der Waals surface area contributed by atoms with E-state index in [1.807, 2.05) is 31.2 Å². The van der Waals surface area contributed by atoms with Gasteiger partial charge >= 0.3 is 5.97 Å². The number of hydrogen-bond donors (Lipinski definition) is 0. The molecule has 1 heterocycles. The van der Waals surface area contributed by atoms with Crippen LogP contribution >= 0.6 is 0 Å². The number of anilines is 1. The van der Waals surface area contributed by atoms with Gasteiger partial charge in [0.2, 0.25) is 0 Å². The number of benzene rings is 2. The molecule has 0 unspecified atom stereocenters. The molecular formula is C18H19NO4S. The molecule has 0 N–H and O–H groups in total. The zero-order valence-corrected chi connectivity index (χ0v) is 14.6. The number of rotatable bonds is 3. The van der Waals surface area contributed by atoms with Crippen LogP contribution in [0.5, 0.6) is 0 Å². The van der Waals surface area contributed by atoms with Gasteiger partial charge in [-0.15, -0.1) is 0 Å². The number of sulfonamides is 1. The summed E-state index contributed by atoms with van der Waals surface area (Å²) in [4.78, 5) is 11.9. The van der Waals surface area contributed by atoms with Crippen LogP contribution in [0.1, 0.15) is 28.4 Å². The Kier molecular flexibility index (Phi) is 4.09. The van der Waals surface area contributed by atoms with Crippen molar-refractivity contribution in [2.24, 2.45) is 0 Å². The molecule has 126 valence electrons. The van der Waals surface area contributed by atoms with Gasteiger partial charge in [-0.1, -0.05) is 24.3 Å². The largest absolute Gasteiger partial charge is 0.465 e. The highest BCUT2D eigenvalue weighted by Gasteiger charge is 2.36. The number of carbonyl (C=O) groups is 1. The first-order valence-electron chi connectivity index (χ1n) is 7.67. The number of hydrogen-bond acceptors (Lipinski definition) is 4. The number of para-hydroxylation sites is 1. The number of methoxy groups -OCH3 is 1. The van der Waals surface area contributed by atoms with Gasteiger partial charge in [0.05, 0.1) is 23.3 Å². The van der Waals surface area contributed by atoms with Crippen LogP contribution in [0.4, 0.5) is 5.69 Å². The summed E-state index contributed by atoms with van der Waals surface area (Å²) >= 11 is 0. The van der Waals surface area contributed by atoms with Crippen LogP contribution in [0.3, 0.4) is 0 Å². The highest BCUT2D eigenvalue weighted by molar-refractivity contribution is 7.93. The molecule has 1 aliphatic heterocycles. The van der Waals surface area contributed by atoms with E-state index >= 15 is 0 Å². The van der Waals surface area contributed by atoms with E-state index in [4.69, 9.17) is 4.74 Å². The van der Waals surface area contributed by atoms with Gasteiger partial charge in [0.1, 0.15) is 0 Å². The van der Waals surface area contributed by atoms with Crippen LogP contribution in [-0.4, -0.2) is 27.5 Å². The van der Waals surface area contributed by atoms with Gasteiger partial charge < -0.3 is 4.74 Å². The van der Waals surface area contributed by atoms with Gasteiger partial charge in [0.25, 0.3) is 10.0 Å². The number of carbonyl (C=O) groups excluding carboxylic acids is 1. The van der Waals surface area contributed by atoms with Crippen molar-refractivity contribution in [3.05, 3.63) is 59.2 Å². The minimum absolute atomic E-state index is 0.133. The first kappa shape index (κ1) is 16.5. The molecule has 3 rings (SSSR count). The van der Waals surface area contributed by atoms with Gasteiger partial charge in [-0.3, -0.25) is 4.31 Å². The molecule has 1 aliphatic rings. The summed E-state index contributed by atoms with van der Waals surface area (Å²) in [6.07, 6.45) is 0.672. The second kappa shape index (κ2) is 5.94. The molecular weight excluding hydrogens is 326 g/mol. The lowest BCUT2D eigenvalue weighted by Gasteiger charge is -2.25. The third-order valence-corrected chi connectivity index (χ3v) is 6.36. The van der Waals surface area contributed by atoms with E-state index in [1.165, 1.54) is 17.5 Å². The molecule has 2 aromatic rings. The zero-order chi connectivity index (χ0) is 17.5. The molecule has 0 bridgehead atoms. The topological polar surface area (TPSA) is 63.7 Å². The van der Waals surface area contributed by atoms with E-state index in [2.05, 4.69) is 0 Å². The van der Waals surface area contributed by atoms with E-state index in [1.54, 1.807) is 19.1 Å². The standard InChI is InChI=1S/C18H19NO4S/c1-12-8-9-15(18(20)23-3)11-17(12)24(21,22)19-13(2)10-14-6-4-5-7-16(14)19/h4-9,11,13H,10H2,1-3H3/t13-/m0/s1. The minimum Gasteiger partial charge on any atom is -0.465 e. The Morgan fingerprint density at radius 3 is 2.62 bits per heavy atom. The molecule has 5 nitrogen and oxygen atoms in total. The molecule has 0 saturated heterocycles. The maximum atomic E-state index is 13.3. The predicted molar refractivity (Wildman–Crippen MR) is 91.8 cm³/mol. The lowest BCUT2D eigenvalue weighted by atomic mass is 10.1. The smallest absolute Gasteiger partial charge is 0.337 e. The molecule has 24 heavy (non-hydrogen) atoms. The van der Waals surface area contributed by atoms with Gasteiger partial charge in [-0.25, -0.2) is 13.2 Å². The van der Waals surface area contributed by atoms with Crippen molar-refractivity contribution in [2.45, 2.75) is 31.2 Å². The Labute approximate surface area is 141 Å². The molecule has 0 spiro atoms. The van der Waals surface area contributed by atoms with Crippen molar-refractivity contribution in [3.8, 4) is 0 Å². The van der Waals surface area contributed by atoms with Crippen LogP contribution in [-0.2, 0) is 21.2 Å². The van der Waals surface area contributed by atoms with Crippen molar-refractivity contribution in [1.29, 1.82) is 0 Å². The van der Waals surface area contributed by atoms with Crippen LogP contribution in [0.2, 0.25) is 0 Å². The maximum absolute atomic E-state index is 13.3. The van der Waals surface area contributed by atoms with E-state index in [0.29, 0.717) is 17.7 Å². The van der Waals surface area contributed by atoms with Crippen molar-refractivity contribution < 1.29 is 17.9 Å². The van der Waals surface area contributed by atoms with Crippen molar-refractivity contribution in [1.82, 2.24) is 0 Å². The number of nitrogens with zero attached hydrogens (tertiary/aromatic N) is 1. The summed E-state index contributed by atoms with van der Waals surface area (Å²) in [5, 5.41) is 0. The van der Waals surface area contributed by atoms with Crippen LogP contribution in [0, 0.1) is 6.92 Å². The fraction of sp³-hybridized carbons (Fsp3) is 0.278. The Hall–Kier alpha value is -2.34. The predicted octanol–water partition coefficient (Wildman–Crippen LogP) is 2.92. The van der Waals surface area contributed by atoms with E-state index in [0.717, 1.165) is 5.56 Å². The fourth-order valence-corrected chi connectivity index (χ4v) is 5.08. The minimum atomic E-state index is -3.77. The highest BCUT2D eigenvalue weighted by atomic mass is 32.2. The zero-order valence-electron chi connectivity index (χ0n) is 13.8. The van der Waals surface area contributed by atoms with E-state index in [9.17, 15) is 13.2 Å². The number of aryl methyl sites for hydroxylation is 1. The van der Waals surface area contributed by atoms with E-state index in [-0.39, 0.29) is 16.5 Å². The average molecular weight is 345 g/mol. The van der Waals surface area contributed by atoms with E-state index < -0.39 is 16.0 Å². The van der Waals surface area contributed by atoms with Crippen LogP contribution in [0.15, 0.2) is 47.4 Å². The summed E-state index contributed by atoms with van der Waals surface area (Å²) in [7, 11) is -2.50.